The molecule has 0 aromatic rings. The van der Waals surface area contributed by atoms with Gasteiger partial charge in [0.2, 0.25) is 0 Å². The maximum Gasteiger partial charge on any atom is 0.399 e. The van der Waals surface area contributed by atoms with Crippen molar-refractivity contribution in [2.45, 2.75) is 46.5 Å². The smallest absolute Gasteiger partial charge is 0.393 e. The third kappa shape index (κ3) is 10.4. The van der Waals surface area contributed by atoms with Crippen molar-refractivity contribution in [1.82, 2.24) is 5.32 Å². The largest absolute Gasteiger partial charge is 0.399 e. The van der Waals surface area contributed by atoms with Crippen LogP contribution in [0.15, 0.2) is 0 Å². The SMILES string of the molecule is CCCCCCNC[Si](OCC)OCC. The number of hydrogen-bond acceptors (Lipinski definition) is 3. The molecule has 0 aliphatic heterocycles. The second-order valence-electron chi connectivity index (χ2n) is 3.48. The molecule has 91 valence electrons. The van der Waals surface area contributed by atoms with E-state index in [0.717, 1.165) is 25.9 Å². The molecule has 1 radical (unpaired) electrons. The van der Waals surface area contributed by atoms with Crippen LogP contribution < -0.4 is 5.32 Å². The summed E-state index contributed by atoms with van der Waals surface area (Å²) in [4.78, 5) is 0. The van der Waals surface area contributed by atoms with Gasteiger partial charge in [-0.1, -0.05) is 26.2 Å². The summed E-state index contributed by atoms with van der Waals surface area (Å²) in [6.45, 7) is 8.88. The van der Waals surface area contributed by atoms with Crippen molar-refractivity contribution in [3.8, 4) is 0 Å². The molecule has 0 aliphatic carbocycles. The van der Waals surface area contributed by atoms with E-state index in [2.05, 4.69) is 12.2 Å². The highest BCUT2D eigenvalue weighted by atomic mass is 28.3. The molecule has 0 amide bonds. The summed E-state index contributed by atoms with van der Waals surface area (Å²) in [5.74, 6) is 0. The summed E-state index contributed by atoms with van der Waals surface area (Å²) in [5, 5.41) is 3.41. The summed E-state index contributed by atoms with van der Waals surface area (Å²) in [6.07, 6.45) is 6.14. The Morgan fingerprint density at radius 3 is 2.13 bits per heavy atom. The summed E-state index contributed by atoms with van der Waals surface area (Å²) >= 11 is 0. The lowest BCUT2D eigenvalue weighted by molar-refractivity contribution is 0.212. The lowest BCUT2D eigenvalue weighted by Gasteiger charge is -2.13. The van der Waals surface area contributed by atoms with Gasteiger partial charge in [-0.3, -0.25) is 0 Å². The summed E-state index contributed by atoms with van der Waals surface area (Å²) in [7, 11) is -1.05. The molecular formula is C11H26NO2Si. The molecule has 1 N–H and O–H groups in total. The van der Waals surface area contributed by atoms with Gasteiger partial charge >= 0.3 is 9.28 Å². The number of hydrogen-bond donors (Lipinski definition) is 1. The van der Waals surface area contributed by atoms with Crippen LogP contribution in [0.3, 0.4) is 0 Å². The third-order valence-corrected chi connectivity index (χ3v) is 3.85. The van der Waals surface area contributed by atoms with Crippen LogP contribution in [0.1, 0.15) is 46.5 Å². The summed E-state index contributed by atoms with van der Waals surface area (Å²) in [5.41, 5.74) is 0. The number of rotatable bonds is 11. The Kier molecular flexibility index (Phi) is 12.2. The Balaban J connectivity index is 3.28. The molecule has 0 saturated heterocycles. The maximum atomic E-state index is 5.53. The first-order valence-corrected chi connectivity index (χ1v) is 7.69. The molecular weight excluding hydrogens is 206 g/mol. The highest BCUT2D eigenvalue weighted by Crippen LogP contribution is 1.97. The average Bonchev–Trinajstić information content (AvgIpc) is 2.24. The second-order valence-corrected chi connectivity index (χ2v) is 5.15. The molecule has 3 nitrogen and oxygen atoms in total. The van der Waals surface area contributed by atoms with Gasteiger partial charge in [0.15, 0.2) is 0 Å². The summed E-state index contributed by atoms with van der Waals surface area (Å²) < 4.78 is 11.1. The summed E-state index contributed by atoms with van der Waals surface area (Å²) in [6, 6.07) is 0. The van der Waals surface area contributed by atoms with E-state index in [1.165, 1.54) is 25.7 Å². The molecule has 0 bridgehead atoms. The fraction of sp³-hybridized carbons (Fsp3) is 1.00. The molecule has 15 heavy (non-hydrogen) atoms. The van der Waals surface area contributed by atoms with Crippen LogP contribution in [0.5, 0.6) is 0 Å². The fourth-order valence-electron chi connectivity index (χ4n) is 1.33. The zero-order valence-corrected chi connectivity index (χ0v) is 11.5. The zero-order chi connectivity index (χ0) is 11.4. The van der Waals surface area contributed by atoms with Gasteiger partial charge in [-0.15, -0.1) is 0 Å². The van der Waals surface area contributed by atoms with Crippen molar-refractivity contribution in [1.29, 1.82) is 0 Å². The first-order valence-electron chi connectivity index (χ1n) is 6.17. The number of unbranched alkanes of at least 4 members (excludes halogenated alkanes) is 3. The van der Waals surface area contributed by atoms with Crippen LogP contribution >= 0.6 is 0 Å². The van der Waals surface area contributed by atoms with Crippen LogP contribution in [-0.2, 0) is 8.85 Å². The van der Waals surface area contributed by atoms with Crippen molar-refractivity contribution in [2.24, 2.45) is 0 Å². The number of nitrogens with one attached hydrogen (secondary N) is 1. The Morgan fingerprint density at radius 2 is 1.60 bits per heavy atom. The topological polar surface area (TPSA) is 30.5 Å². The Bertz CT molecular complexity index is 119. The van der Waals surface area contributed by atoms with Gasteiger partial charge in [-0.25, -0.2) is 0 Å². The van der Waals surface area contributed by atoms with Gasteiger partial charge in [0.25, 0.3) is 0 Å². The quantitative estimate of drug-likeness (QED) is 0.438. The van der Waals surface area contributed by atoms with E-state index < -0.39 is 9.28 Å². The second kappa shape index (κ2) is 12.2. The van der Waals surface area contributed by atoms with E-state index in [-0.39, 0.29) is 0 Å². The predicted octanol–water partition coefficient (Wildman–Crippen LogP) is 2.26. The molecule has 0 spiro atoms. The fourth-order valence-corrected chi connectivity index (χ4v) is 2.65. The van der Waals surface area contributed by atoms with Crippen LogP contribution in [-0.4, -0.2) is 35.2 Å². The maximum absolute atomic E-state index is 5.53. The van der Waals surface area contributed by atoms with E-state index in [1.54, 1.807) is 0 Å². The molecule has 0 heterocycles. The standard InChI is InChI=1S/C11H26NO2Si/c1-4-7-8-9-10-12-11-15(13-5-2)14-6-3/h12H,4-11H2,1-3H3. The minimum atomic E-state index is -1.05. The molecule has 0 aromatic carbocycles. The Labute approximate surface area is 96.4 Å². The van der Waals surface area contributed by atoms with Gasteiger partial charge in [-0.2, -0.15) is 0 Å². The molecule has 4 heteroatoms. The Morgan fingerprint density at radius 1 is 0.933 bits per heavy atom. The van der Waals surface area contributed by atoms with E-state index in [9.17, 15) is 0 Å². The van der Waals surface area contributed by atoms with Crippen molar-refractivity contribution in [2.75, 3.05) is 25.9 Å². The normalized spacial score (nSPS) is 11.2. The van der Waals surface area contributed by atoms with Crippen molar-refractivity contribution in [3.05, 3.63) is 0 Å². The van der Waals surface area contributed by atoms with E-state index in [0.29, 0.717) is 0 Å². The minimum absolute atomic E-state index is 0.756. The van der Waals surface area contributed by atoms with Crippen LogP contribution in [0.2, 0.25) is 0 Å². The van der Waals surface area contributed by atoms with E-state index in [4.69, 9.17) is 8.85 Å². The molecule has 0 aromatic heterocycles. The lowest BCUT2D eigenvalue weighted by Crippen LogP contribution is -2.36. The van der Waals surface area contributed by atoms with Crippen LogP contribution in [0.4, 0.5) is 0 Å². The highest BCUT2D eigenvalue weighted by Gasteiger charge is 2.12. The lowest BCUT2D eigenvalue weighted by atomic mass is 10.2. The minimum Gasteiger partial charge on any atom is -0.393 e. The van der Waals surface area contributed by atoms with Gasteiger partial charge in [0.1, 0.15) is 0 Å². The molecule has 0 unspecified atom stereocenters. The first kappa shape index (κ1) is 15.1. The van der Waals surface area contributed by atoms with E-state index in [1.807, 2.05) is 13.8 Å². The van der Waals surface area contributed by atoms with Gasteiger partial charge < -0.3 is 14.2 Å². The van der Waals surface area contributed by atoms with E-state index >= 15 is 0 Å². The first-order chi connectivity index (χ1) is 7.35. The van der Waals surface area contributed by atoms with Crippen LogP contribution in [0, 0.1) is 0 Å². The Hall–Kier alpha value is 0.0969. The zero-order valence-electron chi connectivity index (χ0n) is 10.5. The molecule has 0 aliphatic rings. The third-order valence-electron chi connectivity index (χ3n) is 2.09. The van der Waals surface area contributed by atoms with Gasteiger partial charge in [0, 0.05) is 19.4 Å². The van der Waals surface area contributed by atoms with Gasteiger partial charge in [-0.05, 0) is 26.8 Å². The predicted molar refractivity (Wildman–Crippen MR) is 66.0 cm³/mol. The van der Waals surface area contributed by atoms with Crippen LogP contribution in [0.25, 0.3) is 0 Å². The highest BCUT2D eigenvalue weighted by molar-refractivity contribution is 6.44. The van der Waals surface area contributed by atoms with Gasteiger partial charge in [0.05, 0.1) is 0 Å². The molecule has 0 atom stereocenters. The molecule has 0 fully saturated rings. The van der Waals surface area contributed by atoms with Crippen molar-refractivity contribution in [3.63, 3.8) is 0 Å². The molecule has 0 saturated carbocycles. The van der Waals surface area contributed by atoms with Crippen molar-refractivity contribution >= 4 is 9.28 Å². The average molecular weight is 232 g/mol. The monoisotopic (exact) mass is 232 g/mol. The molecule has 0 rings (SSSR count). The van der Waals surface area contributed by atoms with Crippen molar-refractivity contribution < 1.29 is 8.85 Å².